The van der Waals surface area contributed by atoms with Crippen LogP contribution in [0.5, 0.6) is 0 Å². The van der Waals surface area contributed by atoms with Gasteiger partial charge in [0.05, 0.1) is 5.54 Å². The molecule has 0 fully saturated rings. The molecule has 0 saturated heterocycles. The van der Waals surface area contributed by atoms with Gasteiger partial charge in [0.2, 0.25) is 0 Å². The zero-order valence-electron chi connectivity index (χ0n) is 16.4. The maximum atomic E-state index is 5.19. The van der Waals surface area contributed by atoms with Gasteiger partial charge in [-0.2, -0.15) is 0 Å². The second kappa shape index (κ2) is 7.45. The number of benzene rings is 2. The van der Waals surface area contributed by atoms with E-state index in [4.69, 9.17) is 4.99 Å². The van der Waals surface area contributed by atoms with Gasteiger partial charge in [-0.05, 0) is 38.3 Å². The van der Waals surface area contributed by atoms with Gasteiger partial charge in [0.25, 0.3) is 0 Å². The molecule has 0 aromatic heterocycles. The maximum Gasteiger partial charge on any atom is 0.0865 e. The largest absolute Gasteiger partial charge is 0.285 e. The molecule has 26 heavy (non-hydrogen) atoms. The Hall–Kier alpha value is -2.41. The summed E-state index contributed by atoms with van der Waals surface area (Å²) in [5, 5.41) is 0. The molecule has 0 saturated carbocycles. The topological polar surface area (TPSA) is 12.4 Å². The minimum Gasteiger partial charge on any atom is -0.285 e. The third-order valence-electron chi connectivity index (χ3n) is 5.19. The molecule has 1 heteroatoms. The van der Waals surface area contributed by atoms with E-state index in [2.05, 4.69) is 107 Å². The van der Waals surface area contributed by atoms with Crippen LogP contribution >= 0.6 is 0 Å². The molecule has 2 unspecified atom stereocenters. The molecule has 1 aliphatic rings. The maximum absolute atomic E-state index is 5.19. The molecular weight excluding hydrogens is 314 g/mol. The first-order valence-corrected chi connectivity index (χ1v) is 9.41. The van der Waals surface area contributed by atoms with Gasteiger partial charge in [0, 0.05) is 18.1 Å². The van der Waals surface area contributed by atoms with Crippen LogP contribution < -0.4 is 0 Å². The summed E-state index contributed by atoms with van der Waals surface area (Å²) in [4.78, 5) is 5.19. The van der Waals surface area contributed by atoms with Crippen LogP contribution in [0.1, 0.15) is 43.9 Å². The van der Waals surface area contributed by atoms with Crippen LogP contribution in [0.15, 0.2) is 83.4 Å². The monoisotopic (exact) mass is 343 g/mol. The lowest BCUT2D eigenvalue weighted by Gasteiger charge is -2.30. The Balaban J connectivity index is 1.96. The van der Waals surface area contributed by atoms with Crippen molar-refractivity contribution in [2.24, 2.45) is 10.4 Å². The van der Waals surface area contributed by atoms with Crippen molar-refractivity contribution >= 4 is 6.21 Å². The van der Waals surface area contributed by atoms with Crippen LogP contribution in [0, 0.1) is 12.3 Å². The molecule has 3 rings (SSSR count). The Morgan fingerprint density at radius 3 is 2.54 bits per heavy atom. The fourth-order valence-electron chi connectivity index (χ4n) is 3.73. The normalized spacial score (nSPS) is 22.2. The lowest BCUT2D eigenvalue weighted by Crippen LogP contribution is -2.26. The predicted molar refractivity (Wildman–Crippen MR) is 113 cm³/mol. The van der Waals surface area contributed by atoms with Crippen LogP contribution in [-0.2, 0) is 12.0 Å². The zero-order chi connectivity index (χ0) is 18.6. The van der Waals surface area contributed by atoms with Gasteiger partial charge in [-0.15, -0.1) is 0 Å². The average molecular weight is 344 g/mol. The van der Waals surface area contributed by atoms with E-state index in [1.165, 1.54) is 22.3 Å². The summed E-state index contributed by atoms with van der Waals surface area (Å²) < 4.78 is 0. The van der Waals surface area contributed by atoms with Crippen molar-refractivity contribution < 1.29 is 0 Å². The van der Waals surface area contributed by atoms with Gasteiger partial charge in [-0.25, -0.2) is 0 Å². The molecule has 0 heterocycles. The summed E-state index contributed by atoms with van der Waals surface area (Å²) in [6, 6.07) is 19.4. The highest BCUT2D eigenvalue weighted by Crippen LogP contribution is 2.34. The summed E-state index contributed by atoms with van der Waals surface area (Å²) in [5.41, 5.74) is 4.98. The minimum atomic E-state index is -0.278. The van der Waals surface area contributed by atoms with E-state index < -0.39 is 0 Å². The van der Waals surface area contributed by atoms with E-state index >= 15 is 0 Å². The summed E-state index contributed by atoms with van der Waals surface area (Å²) >= 11 is 0. The number of rotatable bonds is 5. The summed E-state index contributed by atoms with van der Waals surface area (Å²) in [6.45, 7) is 8.86. The van der Waals surface area contributed by atoms with Crippen LogP contribution in [0.4, 0.5) is 0 Å². The fourth-order valence-corrected chi connectivity index (χ4v) is 3.73. The second-order valence-electron chi connectivity index (χ2n) is 8.12. The number of hydrogen-bond donors (Lipinski definition) is 0. The van der Waals surface area contributed by atoms with Gasteiger partial charge in [0.1, 0.15) is 0 Å². The molecule has 0 N–H and O–H groups in total. The molecule has 2 aromatic rings. The number of hydrogen-bond acceptors (Lipinski definition) is 1. The van der Waals surface area contributed by atoms with E-state index in [1.807, 2.05) is 0 Å². The third kappa shape index (κ3) is 4.40. The standard InChI is InChI=1S/C25H29N/c1-20-10-8-14-23(16-20)25(4,18-22-12-6-5-7-13-22)26-19-24(3)15-9-11-21(2)17-24/h5-16,19H,17-18H2,1-4H3. The van der Waals surface area contributed by atoms with Crippen molar-refractivity contribution in [2.75, 3.05) is 0 Å². The Labute approximate surface area is 158 Å². The molecule has 0 spiro atoms. The van der Waals surface area contributed by atoms with E-state index in [1.54, 1.807) is 0 Å². The van der Waals surface area contributed by atoms with Gasteiger partial charge < -0.3 is 0 Å². The zero-order valence-corrected chi connectivity index (χ0v) is 16.4. The van der Waals surface area contributed by atoms with Gasteiger partial charge in [0.15, 0.2) is 0 Å². The highest BCUT2D eigenvalue weighted by molar-refractivity contribution is 5.70. The van der Waals surface area contributed by atoms with Crippen LogP contribution in [-0.4, -0.2) is 6.21 Å². The summed E-state index contributed by atoms with van der Waals surface area (Å²) in [6.07, 6.45) is 10.7. The molecule has 1 nitrogen and oxygen atoms in total. The molecule has 0 radical (unpaired) electrons. The molecule has 2 aromatic carbocycles. The van der Waals surface area contributed by atoms with Gasteiger partial charge >= 0.3 is 0 Å². The average Bonchev–Trinajstić information content (AvgIpc) is 2.61. The minimum absolute atomic E-state index is 0.0133. The summed E-state index contributed by atoms with van der Waals surface area (Å²) in [5.74, 6) is 0. The highest BCUT2D eigenvalue weighted by atomic mass is 14.8. The van der Waals surface area contributed by atoms with Crippen molar-refractivity contribution in [3.63, 3.8) is 0 Å². The van der Waals surface area contributed by atoms with E-state index in [-0.39, 0.29) is 11.0 Å². The Bertz CT molecular complexity index is 843. The Morgan fingerprint density at radius 2 is 1.85 bits per heavy atom. The van der Waals surface area contributed by atoms with Crippen molar-refractivity contribution in [2.45, 2.75) is 46.1 Å². The van der Waals surface area contributed by atoms with Crippen molar-refractivity contribution in [3.8, 4) is 0 Å². The van der Waals surface area contributed by atoms with Gasteiger partial charge in [-0.1, -0.05) is 90.9 Å². The first-order chi connectivity index (χ1) is 12.4. The molecule has 1 aliphatic carbocycles. The third-order valence-corrected chi connectivity index (χ3v) is 5.19. The lowest BCUT2D eigenvalue weighted by atomic mass is 9.80. The summed E-state index contributed by atoms with van der Waals surface area (Å²) in [7, 11) is 0. The van der Waals surface area contributed by atoms with Crippen LogP contribution in [0.3, 0.4) is 0 Å². The number of nitrogens with zero attached hydrogens (tertiary/aromatic N) is 1. The SMILES string of the molecule is CC1=CC=CC(C)(C=NC(C)(Cc2ccccc2)c2cccc(C)c2)C1. The second-order valence-corrected chi connectivity index (χ2v) is 8.12. The van der Waals surface area contributed by atoms with Crippen LogP contribution in [0.2, 0.25) is 0 Å². The van der Waals surface area contributed by atoms with Crippen LogP contribution in [0.25, 0.3) is 0 Å². The molecule has 134 valence electrons. The first-order valence-electron chi connectivity index (χ1n) is 9.41. The molecule has 0 aliphatic heterocycles. The highest BCUT2D eigenvalue weighted by Gasteiger charge is 2.28. The van der Waals surface area contributed by atoms with E-state index in [0.717, 1.165) is 12.8 Å². The number of allylic oxidation sites excluding steroid dienone is 4. The molecule has 0 bridgehead atoms. The van der Waals surface area contributed by atoms with Crippen molar-refractivity contribution in [1.29, 1.82) is 0 Å². The number of aryl methyl sites for hydroxylation is 1. The molecule has 2 atom stereocenters. The quantitative estimate of drug-likeness (QED) is 0.554. The Kier molecular flexibility index (Phi) is 5.27. The van der Waals surface area contributed by atoms with E-state index in [9.17, 15) is 0 Å². The molecule has 0 amide bonds. The van der Waals surface area contributed by atoms with Gasteiger partial charge in [-0.3, -0.25) is 4.99 Å². The lowest BCUT2D eigenvalue weighted by molar-refractivity contribution is 0.484. The van der Waals surface area contributed by atoms with Crippen molar-refractivity contribution in [3.05, 3.63) is 95.1 Å². The Morgan fingerprint density at radius 1 is 1.08 bits per heavy atom. The van der Waals surface area contributed by atoms with Crippen molar-refractivity contribution in [1.82, 2.24) is 0 Å². The van der Waals surface area contributed by atoms with E-state index in [0.29, 0.717) is 0 Å². The smallest absolute Gasteiger partial charge is 0.0865 e. The molecular formula is C25H29N. The predicted octanol–water partition coefficient (Wildman–Crippen LogP) is 6.44. The first kappa shape index (κ1) is 18.4. The fraction of sp³-hybridized carbons (Fsp3) is 0.320. The number of aliphatic imine (C=N–C) groups is 1.